The summed E-state index contributed by atoms with van der Waals surface area (Å²) in [6, 6.07) is 0. The van der Waals surface area contributed by atoms with Gasteiger partial charge in [-0.3, -0.25) is 4.79 Å². The molecular weight excluding hydrogens is 214 g/mol. The number of carbonyl (C=O) groups excluding carboxylic acids is 1. The van der Waals surface area contributed by atoms with Crippen molar-refractivity contribution in [2.24, 2.45) is 5.73 Å². The van der Waals surface area contributed by atoms with Gasteiger partial charge in [0.15, 0.2) is 5.79 Å². The number of carbonyl (C=O) groups is 1. The Bertz CT molecular complexity index is 293. The standard InChI is InChI=1S/C10H17NO5/c1-5(12)13-4-6-7-8(9(11)14-6)16-10(2,3)15-7/h6-9H,4,11H2,1-3H3/t6-,7-,8-,9-/m1/s1. The fourth-order valence-corrected chi connectivity index (χ4v) is 2.05. The van der Waals surface area contributed by atoms with Crippen LogP contribution in [0.3, 0.4) is 0 Å². The molecule has 0 saturated carbocycles. The molecule has 2 N–H and O–H groups in total. The van der Waals surface area contributed by atoms with Crippen LogP contribution in [0.25, 0.3) is 0 Å². The second-order valence-corrected chi connectivity index (χ2v) is 4.51. The minimum absolute atomic E-state index is 0.143. The third-order valence-corrected chi connectivity index (χ3v) is 2.64. The van der Waals surface area contributed by atoms with Gasteiger partial charge >= 0.3 is 5.97 Å². The second kappa shape index (κ2) is 3.96. The van der Waals surface area contributed by atoms with Crippen molar-refractivity contribution in [3.63, 3.8) is 0 Å². The first kappa shape index (κ1) is 11.8. The highest BCUT2D eigenvalue weighted by atomic mass is 16.8. The van der Waals surface area contributed by atoms with Gasteiger partial charge in [-0.05, 0) is 13.8 Å². The molecule has 92 valence electrons. The molecular formula is C10H17NO5. The van der Waals surface area contributed by atoms with Gasteiger partial charge in [-0.25, -0.2) is 0 Å². The van der Waals surface area contributed by atoms with Crippen LogP contribution in [0.15, 0.2) is 0 Å². The number of fused-ring (bicyclic) bond motifs is 1. The predicted octanol–water partition coefficient (Wildman–Crippen LogP) is -0.247. The van der Waals surface area contributed by atoms with Gasteiger partial charge < -0.3 is 24.7 Å². The van der Waals surface area contributed by atoms with Crippen LogP contribution in [0.5, 0.6) is 0 Å². The molecule has 2 aliphatic rings. The molecule has 2 fully saturated rings. The van der Waals surface area contributed by atoms with Crippen LogP contribution in [0.1, 0.15) is 20.8 Å². The van der Waals surface area contributed by atoms with Crippen LogP contribution in [-0.4, -0.2) is 42.9 Å². The van der Waals surface area contributed by atoms with Gasteiger partial charge in [0.1, 0.15) is 31.1 Å². The Balaban J connectivity index is 1.99. The number of nitrogens with two attached hydrogens (primary N) is 1. The Hall–Kier alpha value is -0.690. The highest BCUT2D eigenvalue weighted by Crippen LogP contribution is 2.37. The summed E-state index contributed by atoms with van der Waals surface area (Å²) in [6.45, 7) is 5.13. The second-order valence-electron chi connectivity index (χ2n) is 4.51. The normalized spacial score (nSPS) is 40.8. The molecule has 0 unspecified atom stereocenters. The maximum Gasteiger partial charge on any atom is 0.302 e. The SMILES string of the molecule is CC(=O)OC[C@H]1O[C@@H](N)[C@@H]2OC(C)(C)O[C@@H]21. The fraction of sp³-hybridized carbons (Fsp3) is 0.900. The maximum absolute atomic E-state index is 10.7. The Morgan fingerprint density at radius 2 is 2.00 bits per heavy atom. The first-order valence-corrected chi connectivity index (χ1v) is 5.29. The van der Waals surface area contributed by atoms with Gasteiger partial charge in [0.25, 0.3) is 0 Å². The summed E-state index contributed by atoms with van der Waals surface area (Å²) in [7, 11) is 0. The molecule has 0 spiro atoms. The van der Waals surface area contributed by atoms with E-state index in [1.807, 2.05) is 13.8 Å². The largest absolute Gasteiger partial charge is 0.463 e. The van der Waals surface area contributed by atoms with E-state index < -0.39 is 12.0 Å². The summed E-state index contributed by atoms with van der Waals surface area (Å²) >= 11 is 0. The molecule has 2 heterocycles. The lowest BCUT2D eigenvalue weighted by Gasteiger charge is -2.22. The van der Waals surface area contributed by atoms with E-state index in [1.165, 1.54) is 6.92 Å². The molecule has 6 nitrogen and oxygen atoms in total. The minimum atomic E-state index is -0.662. The van der Waals surface area contributed by atoms with E-state index in [2.05, 4.69) is 0 Å². The average molecular weight is 231 g/mol. The Morgan fingerprint density at radius 1 is 1.38 bits per heavy atom. The lowest BCUT2D eigenvalue weighted by molar-refractivity contribution is -0.192. The van der Waals surface area contributed by atoms with E-state index >= 15 is 0 Å². The van der Waals surface area contributed by atoms with Crippen molar-refractivity contribution in [1.29, 1.82) is 0 Å². The zero-order valence-electron chi connectivity index (χ0n) is 9.64. The van der Waals surface area contributed by atoms with Crippen molar-refractivity contribution < 1.29 is 23.7 Å². The van der Waals surface area contributed by atoms with Crippen LogP contribution in [-0.2, 0) is 23.7 Å². The van der Waals surface area contributed by atoms with Crippen LogP contribution >= 0.6 is 0 Å². The number of esters is 1. The van der Waals surface area contributed by atoms with Crippen LogP contribution in [0, 0.1) is 0 Å². The minimum Gasteiger partial charge on any atom is -0.463 e. The molecule has 0 aromatic heterocycles. The number of rotatable bonds is 2. The lowest BCUT2D eigenvalue weighted by atomic mass is 10.1. The van der Waals surface area contributed by atoms with Crippen LogP contribution < -0.4 is 5.73 Å². The number of hydrogen-bond donors (Lipinski definition) is 1. The summed E-state index contributed by atoms with van der Waals surface area (Å²) in [4.78, 5) is 10.7. The van der Waals surface area contributed by atoms with Crippen LogP contribution in [0.2, 0.25) is 0 Å². The third-order valence-electron chi connectivity index (χ3n) is 2.64. The molecule has 0 aromatic rings. The summed E-state index contributed by atoms with van der Waals surface area (Å²) < 4.78 is 21.6. The van der Waals surface area contributed by atoms with Crippen molar-refractivity contribution >= 4 is 5.97 Å². The Labute approximate surface area is 94.0 Å². The average Bonchev–Trinajstić information content (AvgIpc) is 2.59. The van der Waals surface area contributed by atoms with Crippen molar-refractivity contribution in [2.45, 2.75) is 51.1 Å². The van der Waals surface area contributed by atoms with Gasteiger partial charge in [-0.2, -0.15) is 0 Å². The maximum atomic E-state index is 10.7. The van der Waals surface area contributed by atoms with Gasteiger partial charge in [-0.15, -0.1) is 0 Å². The summed E-state index contributed by atoms with van der Waals surface area (Å²) in [5.41, 5.74) is 5.77. The van der Waals surface area contributed by atoms with E-state index in [-0.39, 0.29) is 30.9 Å². The predicted molar refractivity (Wildman–Crippen MR) is 53.3 cm³/mol. The molecule has 0 aliphatic carbocycles. The Morgan fingerprint density at radius 3 is 2.62 bits per heavy atom. The Kier molecular flexibility index (Phi) is 2.91. The van der Waals surface area contributed by atoms with E-state index in [1.54, 1.807) is 0 Å². The highest BCUT2D eigenvalue weighted by Gasteiger charge is 2.54. The molecule has 6 heteroatoms. The first-order valence-electron chi connectivity index (χ1n) is 5.29. The molecule has 0 bridgehead atoms. The first-order chi connectivity index (χ1) is 7.39. The molecule has 16 heavy (non-hydrogen) atoms. The van der Waals surface area contributed by atoms with E-state index in [0.29, 0.717) is 0 Å². The molecule has 2 rings (SSSR count). The van der Waals surface area contributed by atoms with Crippen molar-refractivity contribution in [3.8, 4) is 0 Å². The molecule has 2 saturated heterocycles. The van der Waals surface area contributed by atoms with Crippen molar-refractivity contribution in [1.82, 2.24) is 0 Å². The molecule has 0 amide bonds. The number of hydrogen-bond acceptors (Lipinski definition) is 6. The smallest absolute Gasteiger partial charge is 0.302 e. The fourth-order valence-electron chi connectivity index (χ4n) is 2.05. The van der Waals surface area contributed by atoms with Gasteiger partial charge in [-0.1, -0.05) is 0 Å². The number of ether oxygens (including phenoxy) is 4. The van der Waals surface area contributed by atoms with Gasteiger partial charge in [0, 0.05) is 6.92 Å². The van der Waals surface area contributed by atoms with E-state index in [4.69, 9.17) is 24.7 Å². The molecule has 0 radical (unpaired) electrons. The molecule has 2 aliphatic heterocycles. The quantitative estimate of drug-likeness (QED) is 0.660. The highest BCUT2D eigenvalue weighted by molar-refractivity contribution is 5.65. The zero-order chi connectivity index (χ0) is 11.9. The van der Waals surface area contributed by atoms with Crippen molar-refractivity contribution in [2.75, 3.05) is 6.61 Å². The summed E-state index contributed by atoms with van der Waals surface area (Å²) in [5.74, 6) is -1.01. The summed E-state index contributed by atoms with van der Waals surface area (Å²) in [5, 5.41) is 0. The summed E-state index contributed by atoms with van der Waals surface area (Å²) in [6.07, 6.45) is -1.46. The monoisotopic (exact) mass is 231 g/mol. The van der Waals surface area contributed by atoms with Gasteiger partial charge in [0.05, 0.1) is 0 Å². The van der Waals surface area contributed by atoms with E-state index in [0.717, 1.165) is 0 Å². The van der Waals surface area contributed by atoms with E-state index in [9.17, 15) is 4.79 Å². The third kappa shape index (κ3) is 2.20. The van der Waals surface area contributed by atoms with Crippen molar-refractivity contribution in [3.05, 3.63) is 0 Å². The topological polar surface area (TPSA) is 80.0 Å². The molecule has 4 atom stereocenters. The lowest BCUT2D eigenvalue weighted by Crippen LogP contribution is -2.35. The van der Waals surface area contributed by atoms with Crippen LogP contribution in [0.4, 0.5) is 0 Å². The van der Waals surface area contributed by atoms with Gasteiger partial charge in [0.2, 0.25) is 0 Å². The molecule has 0 aromatic carbocycles. The zero-order valence-corrected chi connectivity index (χ0v) is 9.64.